The summed E-state index contributed by atoms with van der Waals surface area (Å²) in [5.74, 6) is 2.23. The molecule has 0 bridgehead atoms. The van der Waals surface area contributed by atoms with Crippen LogP contribution in [0.15, 0.2) is 35.2 Å². The number of aromatic nitrogens is 3. The summed E-state index contributed by atoms with van der Waals surface area (Å²) < 4.78 is 18.1. The number of morpholine rings is 1. The highest BCUT2D eigenvalue weighted by Gasteiger charge is 2.25. The smallest absolute Gasteiger partial charge is 0.180 e. The molecule has 0 spiro atoms. The summed E-state index contributed by atoms with van der Waals surface area (Å²) in [6.45, 7) is 5.07. The molecule has 1 aromatic heterocycles. The van der Waals surface area contributed by atoms with Crippen LogP contribution in [0.3, 0.4) is 0 Å². The third kappa shape index (κ3) is 4.25. The summed E-state index contributed by atoms with van der Waals surface area (Å²) in [5, 5.41) is 7.17. The topological polar surface area (TPSA) is 71.1 Å². The summed E-state index contributed by atoms with van der Waals surface area (Å²) in [7, 11) is -0.958. The lowest BCUT2D eigenvalue weighted by Gasteiger charge is -2.31. The largest absolute Gasteiger partial charge is 0.367 e. The first-order valence-electron chi connectivity index (χ1n) is 7.95. The molecule has 124 valence electrons. The number of aryl methyl sites for hydroxylation is 1. The van der Waals surface area contributed by atoms with E-state index in [4.69, 9.17) is 4.74 Å². The summed E-state index contributed by atoms with van der Waals surface area (Å²) in [6, 6.07) is 9.62. The monoisotopic (exact) mass is 334 g/mol. The molecule has 1 aromatic carbocycles. The van der Waals surface area contributed by atoms with Crippen LogP contribution in [0.5, 0.6) is 0 Å². The molecule has 1 aliphatic rings. The number of hydrogen-bond acceptors (Lipinski definition) is 5. The van der Waals surface area contributed by atoms with E-state index in [9.17, 15) is 4.21 Å². The molecule has 1 saturated heterocycles. The van der Waals surface area contributed by atoms with Crippen molar-refractivity contribution in [3.63, 3.8) is 0 Å². The molecule has 7 heteroatoms. The van der Waals surface area contributed by atoms with Crippen molar-refractivity contribution in [3.8, 4) is 0 Å². The molecular formula is C16H22N4O2S. The van der Waals surface area contributed by atoms with Crippen molar-refractivity contribution >= 4 is 10.8 Å². The van der Waals surface area contributed by atoms with Crippen LogP contribution >= 0.6 is 0 Å². The first kappa shape index (κ1) is 16.3. The van der Waals surface area contributed by atoms with E-state index < -0.39 is 10.8 Å². The lowest BCUT2D eigenvalue weighted by atomic mass is 10.2. The van der Waals surface area contributed by atoms with Gasteiger partial charge in [-0.15, -0.1) is 0 Å². The Labute approximate surface area is 138 Å². The van der Waals surface area contributed by atoms with Crippen LogP contribution in [0.2, 0.25) is 0 Å². The number of hydrogen-bond donors (Lipinski definition) is 1. The zero-order chi connectivity index (χ0) is 16.1. The van der Waals surface area contributed by atoms with Crippen LogP contribution in [0, 0.1) is 0 Å². The molecule has 0 aliphatic carbocycles. The third-order valence-electron chi connectivity index (χ3n) is 3.92. The van der Waals surface area contributed by atoms with Crippen LogP contribution in [0.4, 0.5) is 0 Å². The van der Waals surface area contributed by atoms with Gasteiger partial charge in [0.1, 0.15) is 11.9 Å². The Morgan fingerprint density at radius 3 is 2.96 bits per heavy atom. The van der Waals surface area contributed by atoms with Crippen molar-refractivity contribution in [3.05, 3.63) is 42.0 Å². The lowest BCUT2D eigenvalue weighted by molar-refractivity contribution is -0.0321. The number of nitrogens with zero attached hydrogens (tertiary/aromatic N) is 3. The van der Waals surface area contributed by atoms with Gasteiger partial charge in [0.05, 0.1) is 17.4 Å². The van der Waals surface area contributed by atoms with Crippen molar-refractivity contribution in [2.45, 2.75) is 24.3 Å². The van der Waals surface area contributed by atoms with Crippen molar-refractivity contribution in [1.82, 2.24) is 20.1 Å². The standard InChI is InChI=1S/C16H22N4O2S/c1-2-15-17-16(19-18-15)14-12-20(8-10-22-14)9-11-23(21)13-6-4-3-5-7-13/h3-7,14H,2,8-12H2,1H3,(H,17,18,19)/t14-,23-/m1/s1. The quantitative estimate of drug-likeness (QED) is 0.868. The van der Waals surface area contributed by atoms with Crippen molar-refractivity contribution in [1.29, 1.82) is 0 Å². The maximum absolute atomic E-state index is 12.3. The molecule has 0 radical (unpaired) electrons. The first-order valence-corrected chi connectivity index (χ1v) is 9.26. The predicted molar refractivity (Wildman–Crippen MR) is 88.6 cm³/mol. The molecule has 1 fully saturated rings. The number of rotatable bonds is 6. The number of aromatic amines is 1. The van der Waals surface area contributed by atoms with Gasteiger partial charge in [0.2, 0.25) is 0 Å². The number of ether oxygens (including phenoxy) is 1. The van der Waals surface area contributed by atoms with E-state index in [0.29, 0.717) is 12.4 Å². The highest BCUT2D eigenvalue weighted by Crippen LogP contribution is 2.19. The van der Waals surface area contributed by atoms with Gasteiger partial charge in [0.15, 0.2) is 5.82 Å². The van der Waals surface area contributed by atoms with E-state index in [1.165, 1.54) is 0 Å². The molecule has 0 saturated carbocycles. The zero-order valence-corrected chi connectivity index (χ0v) is 14.1. The van der Waals surface area contributed by atoms with Gasteiger partial charge in [-0.2, -0.15) is 5.10 Å². The summed E-state index contributed by atoms with van der Waals surface area (Å²) in [5.41, 5.74) is 0. The number of nitrogens with one attached hydrogen (secondary N) is 1. The molecule has 2 aromatic rings. The number of H-pyrrole nitrogens is 1. The summed E-state index contributed by atoms with van der Waals surface area (Å²) in [4.78, 5) is 7.61. The van der Waals surface area contributed by atoms with E-state index in [2.05, 4.69) is 20.1 Å². The van der Waals surface area contributed by atoms with Crippen molar-refractivity contribution in [2.75, 3.05) is 32.0 Å². The van der Waals surface area contributed by atoms with Gasteiger partial charge >= 0.3 is 0 Å². The van der Waals surface area contributed by atoms with Crippen LogP contribution in [0.1, 0.15) is 24.7 Å². The second-order valence-corrected chi connectivity index (χ2v) is 7.09. The fraction of sp³-hybridized carbons (Fsp3) is 0.500. The molecule has 6 nitrogen and oxygen atoms in total. The van der Waals surface area contributed by atoms with Gasteiger partial charge in [0, 0.05) is 36.7 Å². The fourth-order valence-corrected chi connectivity index (χ4v) is 3.70. The van der Waals surface area contributed by atoms with E-state index in [-0.39, 0.29) is 6.10 Å². The lowest BCUT2D eigenvalue weighted by Crippen LogP contribution is -2.40. The van der Waals surface area contributed by atoms with Gasteiger partial charge in [-0.25, -0.2) is 4.98 Å². The zero-order valence-electron chi connectivity index (χ0n) is 13.3. The normalized spacial score (nSPS) is 20.5. The maximum Gasteiger partial charge on any atom is 0.180 e. The Morgan fingerprint density at radius 2 is 2.22 bits per heavy atom. The molecule has 3 rings (SSSR count). The summed E-state index contributed by atoms with van der Waals surface area (Å²) in [6.07, 6.45) is 0.727. The Hall–Kier alpha value is -1.57. The number of benzene rings is 1. The molecule has 2 atom stereocenters. The molecule has 1 aliphatic heterocycles. The molecule has 2 heterocycles. The van der Waals surface area contributed by atoms with Crippen LogP contribution < -0.4 is 0 Å². The van der Waals surface area contributed by atoms with Crippen molar-refractivity contribution < 1.29 is 8.95 Å². The van der Waals surface area contributed by atoms with E-state index >= 15 is 0 Å². The molecule has 23 heavy (non-hydrogen) atoms. The van der Waals surface area contributed by atoms with Crippen LogP contribution in [-0.2, 0) is 22.0 Å². The minimum absolute atomic E-state index is 0.106. The van der Waals surface area contributed by atoms with E-state index in [0.717, 1.165) is 42.6 Å². The van der Waals surface area contributed by atoms with Crippen LogP contribution in [0.25, 0.3) is 0 Å². The Morgan fingerprint density at radius 1 is 1.39 bits per heavy atom. The van der Waals surface area contributed by atoms with E-state index in [1.54, 1.807) is 0 Å². The summed E-state index contributed by atoms with van der Waals surface area (Å²) >= 11 is 0. The fourth-order valence-electron chi connectivity index (χ4n) is 2.58. The molecule has 0 unspecified atom stereocenters. The second-order valence-electron chi connectivity index (χ2n) is 5.52. The Kier molecular flexibility index (Phi) is 5.53. The van der Waals surface area contributed by atoms with Gasteiger partial charge in [-0.05, 0) is 12.1 Å². The second kappa shape index (κ2) is 7.81. The van der Waals surface area contributed by atoms with E-state index in [1.807, 2.05) is 37.3 Å². The highest BCUT2D eigenvalue weighted by atomic mass is 32.2. The van der Waals surface area contributed by atoms with Gasteiger partial charge in [-0.3, -0.25) is 14.2 Å². The van der Waals surface area contributed by atoms with Crippen molar-refractivity contribution in [2.24, 2.45) is 0 Å². The highest BCUT2D eigenvalue weighted by molar-refractivity contribution is 7.85. The van der Waals surface area contributed by atoms with Gasteiger partial charge in [0.25, 0.3) is 0 Å². The van der Waals surface area contributed by atoms with Gasteiger partial charge < -0.3 is 4.74 Å². The average molecular weight is 334 g/mol. The predicted octanol–water partition coefficient (Wildman–Crippen LogP) is 1.55. The Balaban J connectivity index is 1.53. The SMILES string of the molecule is CCc1nc([C@H]2CN(CC[S@@](=O)c3ccccc3)CCO2)n[nH]1. The van der Waals surface area contributed by atoms with Gasteiger partial charge in [-0.1, -0.05) is 25.1 Å². The first-order chi connectivity index (χ1) is 11.3. The minimum atomic E-state index is -0.958. The average Bonchev–Trinajstić information content (AvgIpc) is 3.10. The molecular weight excluding hydrogens is 312 g/mol. The van der Waals surface area contributed by atoms with Crippen LogP contribution in [-0.4, -0.2) is 56.3 Å². The maximum atomic E-state index is 12.3. The third-order valence-corrected chi connectivity index (χ3v) is 5.27. The molecule has 1 N–H and O–H groups in total. The molecule has 0 amide bonds. The Bertz CT molecular complexity index is 647. The minimum Gasteiger partial charge on any atom is -0.367 e.